The third kappa shape index (κ3) is 4.66. The van der Waals surface area contributed by atoms with E-state index in [2.05, 4.69) is 199 Å². The second-order valence-electron chi connectivity index (χ2n) is 21.1. The van der Waals surface area contributed by atoms with Gasteiger partial charge in [-0.2, -0.15) is 0 Å². The van der Waals surface area contributed by atoms with Gasteiger partial charge in [0, 0.05) is 48.9 Å². The van der Waals surface area contributed by atoms with Crippen LogP contribution in [-0.4, -0.2) is 0 Å². The number of para-hydroxylation sites is 4. The minimum atomic E-state index is -0.230. The van der Waals surface area contributed by atoms with Gasteiger partial charge in [0.1, 0.15) is 22.3 Å². The number of benzene rings is 10. The maximum absolute atomic E-state index is 6.50. The van der Waals surface area contributed by atoms with Gasteiger partial charge >= 0.3 is 0 Å². The molecule has 67 heavy (non-hydrogen) atoms. The van der Waals surface area contributed by atoms with Gasteiger partial charge in [0.15, 0.2) is 0 Å². The smallest absolute Gasteiger partial charge is 0.143 e. The molecule has 2 heteroatoms. The zero-order chi connectivity index (χ0) is 44.9. The molecule has 0 fully saturated rings. The Kier molecular flexibility index (Phi) is 6.94. The van der Waals surface area contributed by atoms with Gasteiger partial charge in [0.2, 0.25) is 0 Å². The largest absolute Gasteiger partial charge is 0.455 e. The van der Waals surface area contributed by atoms with Crippen LogP contribution in [0.25, 0.3) is 121 Å². The number of furan rings is 2. The van der Waals surface area contributed by atoms with Crippen molar-refractivity contribution >= 4 is 65.4 Å². The molecular weight excluding hydrogens is 813 g/mol. The molecule has 0 radical (unpaired) electrons. The van der Waals surface area contributed by atoms with Crippen molar-refractivity contribution < 1.29 is 8.83 Å². The molecule has 2 aromatic heterocycles. The van der Waals surface area contributed by atoms with E-state index in [0.717, 1.165) is 55.0 Å². The van der Waals surface area contributed by atoms with E-state index in [0.29, 0.717) is 0 Å². The Morgan fingerprint density at radius 1 is 0.284 bits per heavy atom. The summed E-state index contributed by atoms with van der Waals surface area (Å²) in [5, 5.41) is 9.73. The van der Waals surface area contributed by atoms with Crippen molar-refractivity contribution in [2.24, 2.45) is 0 Å². The molecule has 3 aliphatic rings. The monoisotopic (exact) mass is 858 g/mol. The van der Waals surface area contributed by atoms with Crippen LogP contribution in [0.5, 0.6) is 0 Å². The van der Waals surface area contributed by atoms with E-state index >= 15 is 0 Å². The number of fused-ring (bicyclic) bond motifs is 20. The van der Waals surface area contributed by atoms with Gasteiger partial charge in [-0.25, -0.2) is 0 Å². The summed E-state index contributed by atoms with van der Waals surface area (Å²) in [6.45, 7) is 14.9. The molecule has 318 valence electrons. The van der Waals surface area contributed by atoms with Gasteiger partial charge in [0.25, 0.3) is 0 Å². The highest BCUT2D eigenvalue weighted by atomic mass is 16.3. The highest BCUT2D eigenvalue weighted by Gasteiger charge is 2.50. The van der Waals surface area contributed by atoms with Crippen LogP contribution in [-0.2, 0) is 16.2 Å². The SMILES string of the molecule is CC1(C)c2cc3cc(-c4cccc5c4oc4ccccc45)ccc3cc2-c2ccc3c(c21)C(C)(C)c1c-3ccc2c1C(C)(C)c1c-2ccc2cc(-c3cccc4c3oc3ccccc34)ccc12. The molecule has 0 N–H and O–H groups in total. The maximum Gasteiger partial charge on any atom is 0.143 e. The zero-order valence-corrected chi connectivity index (χ0v) is 38.5. The van der Waals surface area contributed by atoms with E-state index in [-0.39, 0.29) is 16.2 Å². The van der Waals surface area contributed by atoms with Crippen molar-refractivity contribution in [2.75, 3.05) is 0 Å². The van der Waals surface area contributed by atoms with Gasteiger partial charge in [-0.05, 0) is 136 Å². The normalized spacial score (nSPS) is 15.7. The molecule has 0 amide bonds. The van der Waals surface area contributed by atoms with E-state index in [1.807, 2.05) is 12.1 Å². The Balaban J connectivity index is 0.841. The number of rotatable bonds is 2. The Morgan fingerprint density at radius 3 is 1.33 bits per heavy atom. The van der Waals surface area contributed by atoms with Crippen molar-refractivity contribution in [1.82, 2.24) is 0 Å². The first-order valence-electron chi connectivity index (χ1n) is 23.8. The molecule has 10 aromatic carbocycles. The maximum atomic E-state index is 6.50. The molecule has 0 unspecified atom stereocenters. The zero-order valence-electron chi connectivity index (χ0n) is 38.5. The molecule has 15 rings (SSSR count). The van der Waals surface area contributed by atoms with Gasteiger partial charge in [0.05, 0.1) is 0 Å². The summed E-state index contributed by atoms with van der Waals surface area (Å²) in [6, 6.07) is 63.2. The lowest BCUT2D eigenvalue weighted by molar-refractivity contribution is 0.579. The van der Waals surface area contributed by atoms with E-state index < -0.39 is 0 Å². The molecule has 0 saturated carbocycles. The predicted octanol–water partition coefficient (Wildman–Crippen LogP) is 18.0. The first kappa shape index (κ1) is 37.5. The topological polar surface area (TPSA) is 26.3 Å². The van der Waals surface area contributed by atoms with Crippen LogP contribution in [0, 0.1) is 0 Å². The fourth-order valence-electron chi connectivity index (χ4n) is 13.6. The molecule has 0 aliphatic heterocycles. The van der Waals surface area contributed by atoms with Crippen LogP contribution >= 0.6 is 0 Å². The molecule has 0 atom stereocenters. The summed E-state index contributed by atoms with van der Waals surface area (Å²) >= 11 is 0. The summed E-state index contributed by atoms with van der Waals surface area (Å²) in [5.41, 5.74) is 24.7. The summed E-state index contributed by atoms with van der Waals surface area (Å²) in [4.78, 5) is 0. The van der Waals surface area contributed by atoms with E-state index in [9.17, 15) is 0 Å². The highest BCUT2D eigenvalue weighted by molar-refractivity contribution is 6.12. The predicted molar refractivity (Wildman–Crippen MR) is 280 cm³/mol. The Labute approximate surface area is 389 Å². The lowest BCUT2D eigenvalue weighted by atomic mass is 9.69. The molecule has 12 aromatic rings. The van der Waals surface area contributed by atoms with Crippen molar-refractivity contribution in [2.45, 2.75) is 57.8 Å². The second-order valence-corrected chi connectivity index (χ2v) is 21.1. The van der Waals surface area contributed by atoms with Crippen LogP contribution in [0.15, 0.2) is 179 Å². The van der Waals surface area contributed by atoms with Crippen LogP contribution < -0.4 is 0 Å². The molecule has 3 aliphatic carbocycles. The lowest BCUT2D eigenvalue weighted by Gasteiger charge is -2.34. The third-order valence-corrected chi connectivity index (χ3v) is 16.5. The molecule has 2 heterocycles. The van der Waals surface area contributed by atoms with Crippen molar-refractivity contribution in [1.29, 1.82) is 0 Å². The minimum Gasteiger partial charge on any atom is -0.455 e. The first-order valence-corrected chi connectivity index (χ1v) is 23.8. The fraction of sp³-hybridized carbons (Fsp3) is 0.138. The Hall–Kier alpha value is -7.68. The molecule has 0 saturated heterocycles. The van der Waals surface area contributed by atoms with Gasteiger partial charge < -0.3 is 8.83 Å². The van der Waals surface area contributed by atoms with Crippen molar-refractivity contribution in [3.63, 3.8) is 0 Å². The minimum absolute atomic E-state index is 0.208. The summed E-state index contributed by atoms with van der Waals surface area (Å²) < 4.78 is 13.0. The second kappa shape index (κ2) is 12.4. The summed E-state index contributed by atoms with van der Waals surface area (Å²) in [7, 11) is 0. The fourth-order valence-corrected chi connectivity index (χ4v) is 13.6. The number of hydrogen-bond acceptors (Lipinski definition) is 2. The van der Waals surface area contributed by atoms with Crippen LogP contribution in [0.1, 0.15) is 74.9 Å². The number of hydrogen-bond donors (Lipinski definition) is 0. The average molecular weight is 859 g/mol. The van der Waals surface area contributed by atoms with Crippen LogP contribution in [0.3, 0.4) is 0 Å². The standard InChI is InChI=1S/C65H46O2/c1-63(2)53-34-39-32-37(41-15-11-17-50-43-13-7-9-19-54(43)66-61(41)50)22-21-35(39)33-52(53)49-30-29-47-48-28-27-46-45-26-24-36-31-38(42-16-12-18-51-44-14-8-10-20-55(44)67-62(42)51)23-25-40(36)56(45)64(3,4)59(46)60(48)65(5,6)58(47)57(49)63/h7-34H,1-6H3. The summed E-state index contributed by atoms with van der Waals surface area (Å²) in [6.07, 6.45) is 0. The summed E-state index contributed by atoms with van der Waals surface area (Å²) in [5.74, 6) is 0. The lowest BCUT2D eigenvalue weighted by Crippen LogP contribution is -2.27. The van der Waals surface area contributed by atoms with Crippen LogP contribution in [0.4, 0.5) is 0 Å². The third-order valence-electron chi connectivity index (χ3n) is 16.5. The van der Waals surface area contributed by atoms with Crippen molar-refractivity contribution in [3.8, 4) is 55.6 Å². The van der Waals surface area contributed by atoms with Gasteiger partial charge in [-0.15, -0.1) is 0 Å². The Bertz CT molecular complexity index is 4240. The molecule has 0 bridgehead atoms. The van der Waals surface area contributed by atoms with E-state index in [4.69, 9.17) is 8.83 Å². The molecular formula is C65H46O2. The highest BCUT2D eigenvalue weighted by Crippen LogP contribution is 2.64. The van der Waals surface area contributed by atoms with E-state index in [1.165, 1.54) is 99.4 Å². The van der Waals surface area contributed by atoms with Gasteiger partial charge in [-0.1, -0.05) is 175 Å². The van der Waals surface area contributed by atoms with Crippen LogP contribution in [0.2, 0.25) is 0 Å². The molecule has 2 nitrogen and oxygen atoms in total. The van der Waals surface area contributed by atoms with Gasteiger partial charge in [-0.3, -0.25) is 0 Å². The molecule has 0 spiro atoms. The quantitative estimate of drug-likeness (QED) is 0.173. The average Bonchev–Trinajstić information content (AvgIpc) is 4.09. The first-order chi connectivity index (χ1) is 32.5. The Morgan fingerprint density at radius 2 is 0.731 bits per heavy atom. The van der Waals surface area contributed by atoms with E-state index in [1.54, 1.807) is 0 Å². The van der Waals surface area contributed by atoms with Crippen molar-refractivity contribution in [3.05, 3.63) is 203 Å².